The standard InChI is InChI=1S/C15H15FN2O3S/c1-10-9-14(7-8-15(10)17-11(2)19)22(20,21)18-13-5-3-12(16)4-6-13/h3-9,18H,1-2H3,(H,17,19). The lowest BCUT2D eigenvalue weighted by Crippen LogP contribution is -2.14. The second kappa shape index (κ2) is 6.15. The fourth-order valence-corrected chi connectivity index (χ4v) is 3.01. The number of rotatable bonds is 4. The Labute approximate surface area is 128 Å². The summed E-state index contributed by atoms with van der Waals surface area (Å²) in [5.41, 5.74) is 1.44. The van der Waals surface area contributed by atoms with E-state index in [0.29, 0.717) is 11.3 Å². The number of sulfonamides is 1. The third-order valence-corrected chi connectivity index (χ3v) is 4.29. The van der Waals surface area contributed by atoms with E-state index in [1.807, 2.05) is 0 Å². The molecule has 0 unspecified atom stereocenters. The molecule has 0 aliphatic heterocycles. The first-order valence-electron chi connectivity index (χ1n) is 6.44. The van der Waals surface area contributed by atoms with Gasteiger partial charge in [-0.2, -0.15) is 0 Å². The van der Waals surface area contributed by atoms with Gasteiger partial charge in [-0.1, -0.05) is 0 Å². The van der Waals surface area contributed by atoms with E-state index in [9.17, 15) is 17.6 Å². The molecule has 22 heavy (non-hydrogen) atoms. The number of nitrogens with one attached hydrogen (secondary N) is 2. The van der Waals surface area contributed by atoms with Gasteiger partial charge in [-0.3, -0.25) is 9.52 Å². The Morgan fingerprint density at radius 2 is 1.73 bits per heavy atom. The minimum Gasteiger partial charge on any atom is -0.326 e. The van der Waals surface area contributed by atoms with E-state index in [4.69, 9.17) is 0 Å². The molecular weight excluding hydrogens is 307 g/mol. The van der Waals surface area contributed by atoms with Crippen molar-refractivity contribution in [2.75, 3.05) is 10.0 Å². The van der Waals surface area contributed by atoms with Gasteiger partial charge in [0.1, 0.15) is 5.82 Å². The molecule has 7 heteroatoms. The summed E-state index contributed by atoms with van der Waals surface area (Å²) in [5, 5.41) is 2.61. The number of aryl methyl sites for hydroxylation is 1. The number of hydrogen-bond acceptors (Lipinski definition) is 3. The molecule has 0 aliphatic rings. The van der Waals surface area contributed by atoms with Gasteiger partial charge in [0.05, 0.1) is 4.90 Å². The summed E-state index contributed by atoms with van der Waals surface area (Å²) in [4.78, 5) is 11.1. The van der Waals surface area contributed by atoms with E-state index in [1.54, 1.807) is 6.92 Å². The van der Waals surface area contributed by atoms with E-state index in [-0.39, 0.29) is 16.5 Å². The Balaban J connectivity index is 2.27. The van der Waals surface area contributed by atoms with Crippen LogP contribution in [0.4, 0.5) is 15.8 Å². The van der Waals surface area contributed by atoms with Crippen molar-refractivity contribution in [1.29, 1.82) is 0 Å². The summed E-state index contributed by atoms with van der Waals surface area (Å²) in [7, 11) is -3.78. The molecule has 5 nitrogen and oxygen atoms in total. The predicted octanol–water partition coefficient (Wildman–Crippen LogP) is 2.89. The molecule has 0 aromatic heterocycles. The maximum atomic E-state index is 12.8. The largest absolute Gasteiger partial charge is 0.326 e. The van der Waals surface area contributed by atoms with Crippen molar-refractivity contribution in [1.82, 2.24) is 0 Å². The van der Waals surface area contributed by atoms with Crippen molar-refractivity contribution in [3.05, 3.63) is 53.8 Å². The maximum Gasteiger partial charge on any atom is 0.261 e. The highest BCUT2D eigenvalue weighted by atomic mass is 32.2. The smallest absolute Gasteiger partial charge is 0.261 e. The zero-order valence-electron chi connectivity index (χ0n) is 12.1. The molecule has 0 fully saturated rings. The maximum absolute atomic E-state index is 12.8. The number of anilines is 2. The van der Waals surface area contributed by atoms with E-state index < -0.39 is 15.8 Å². The van der Waals surface area contributed by atoms with Crippen LogP contribution in [0.3, 0.4) is 0 Å². The zero-order valence-corrected chi connectivity index (χ0v) is 12.9. The molecule has 0 bridgehead atoms. The Kier molecular flexibility index (Phi) is 4.46. The number of amides is 1. The number of carbonyl (C=O) groups is 1. The van der Waals surface area contributed by atoms with Crippen LogP contribution in [0.2, 0.25) is 0 Å². The van der Waals surface area contributed by atoms with Crippen LogP contribution < -0.4 is 10.0 Å². The Bertz CT molecular complexity index is 802. The second-order valence-corrected chi connectivity index (χ2v) is 6.45. The van der Waals surface area contributed by atoms with E-state index >= 15 is 0 Å². The van der Waals surface area contributed by atoms with Gasteiger partial charge in [-0.15, -0.1) is 0 Å². The van der Waals surface area contributed by atoms with Crippen molar-refractivity contribution in [3.63, 3.8) is 0 Å². The zero-order chi connectivity index (χ0) is 16.3. The first-order valence-corrected chi connectivity index (χ1v) is 7.93. The molecule has 2 N–H and O–H groups in total. The van der Waals surface area contributed by atoms with Crippen LogP contribution in [0.1, 0.15) is 12.5 Å². The van der Waals surface area contributed by atoms with Gasteiger partial charge in [0, 0.05) is 18.3 Å². The van der Waals surface area contributed by atoms with Gasteiger partial charge < -0.3 is 5.32 Å². The summed E-state index contributed by atoms with van der Waals surface area (Å²) in [5.74, 6) is -0.679. The molecular formula is C15H15FN2O3S. The minimum atomic E-state index is -3.78. The fraction of sp³-hybridized carbons (Fsp3) is 0.133. The average Bonchev–Trinajstić information content (AvgIpc) is 2.43. The SMILES string of the molecule is CC(=O)Nc1ccc(S(=O)(=O)Nc2ccc(F)cc2)cc1C. The fourth-order valence-electron chi connectivity index (χ4n) is 1.87. The van der Waals surface area contributed by atoms with Gasteiger partial charge in [0.15, 0.2) is 0 Å². The molecule has 0 aliphatic carbocycles. The van der Waals surface area contributed by atoms with Crippen molar-refractivity contribution in [3.8, 4) is 0 Å². The third kappa shape index (κ3) is 3.82. The normalized spacial score (nSPS) is 11.0. The molecule has 0 heterocycles. The number of hydrogen-bond donors (Lipinski definition) is 2. The topological polar surface area (TPSA) is 75.3 Å². The van der Waals surface area contributed by atoms with Gasteiger partial charge in [0.25, 0.3) is 10.0 Å². The van der Waals surface area contributed by atoms with Gasteiger partial charge in [-0.05, 0) is 55.0 Å². The van der Waals surface area contributed by atoms with Gasteiger partial charge >= 0.3 is 0 Å². The highest BCUT2D eigenvalue weighted by molar-refractivity contribution is 7.92. The predicted molar refractivity (Wildman–Crippen MR) is 82.7 cm³/mol. The molecule has 2 aromatic rings. The lowest BCUT2D eigenvalue weighted by atomic mass is 10.2. The molecule has 0 spiro atoms. The minimum absolute atomic E-state index is 0.0587. The lowest BCUT2D eigenvalue weighted by molar-refractivity contribution is -0.114. The van der Waals surface area contributed by atoms with Crippen molar-refractivity contribution >= 4 is 27.3 Å². The van der Waals surface area contributed by atoms with Crippen molar-refractivity contribution < 1.29 is 17.6 Å². The molecule has 0 saturated heterocycles. The van der Waals surface area contributed by atoms with E-state index in [1.165, 1.54) is 49.4 Å². The first-order chi connectivity index (χ1) is 10.3. The summed E-state index contributed by atoms with van der Waals surface area (Å²) >= 11 is 0. The Hall–Kier alpha value is -2.41. The molecule has 1 amide bonds. The second-order valence-electron chi connectivity index (χ2n) is 4.77. The number of halogens is 1. The molecule has 0 saturated carbocycles. The lowest BCUT2D eigenvalue weighted by Gasteiger charge is -2.11. The molecule has 2 rings (SSSR count). The highest BCUT2D eigenvalue weighted by Crippen LogP contribution is 2.22. The first kappa shape index (κ1) is 16.0. The number of benzene rings is 2. The monoisotopic (exact) mass is 322 g/mol. The van der Waals surface area contributed by atoms with Crippen LogP contribution in [0, 0.1) is 12.7 Å². The molecule has 0 radical (unpaired) electrons. The Morgan fingerprint density at radius 3 is 2.27 bits per heavy atom. The van der Waals surface area contributed by atoms with Crippen LogP contribution in [0.5, 0.6) is 0 Å². The molecule has 116 valence electrons. The van der Waals surface area contributed by atoms with Crippen molar-refractivity contribution in [2.24, 2.45) is 0 Å². The van der Waals surface area contributed by atoms with Crippen LogP contribution in [0.15, 0.2) is 47.4 Å². The van der Waals surface area contributed by atoms with Gasteiger partial charge in [0.2, 0.25) is 5.91 Å². The average molecular weight is 322 g/mol. The van der Waals surface area contributed by atoms with Crippen molar-refractivity contribution in [2.45, 2.75) is 18.7 Å². The highest BCUT2D eigenvalue weighted by Gasteiger charge is 2.15. The molecule has 0 atom stereocenters. The van der Waals surface area contributed by atoms with E-state index in [2.05, 4.69) is 10.0 Å². The summed E-state index contributed by atoms with van der Waals surface area (Å²) in [6, 6.07) is 9.39. The van der Waals surface area contributed by atoms with Crippen LogP contribution in [0.25, 0.3) is 0 Å². The summed E-state index contributed by atoms with van der Waals surface area (Å²) in [6.45, 7) is 3.07. The summed E-state index contributed by atoms with van der Waals surface area (Å²) in [6.07, 6.45) is 0. The van der Waals surface area contributed by atoms with E-state index in [0.717, 1.165) is 0 Å². The quantitative estimate of drug-likeness (QED) is 0.909. The van der Waals surface area contributed by atoms with Crippen LogP contribution in [-0.4, -0.2) is 14.3 Å². The Morgan fingerprint density at radius 1 is 1.09 bits per heavy atom. The van der Waals surface area contributed by atoms with Crippen LogP contribution >= 0.6 is 0 Å². The van der Waals surface area contributed by atoms with Crippen LogP contribution in [-0.2, 0) is 14.8 Å². The van der Waals surface area contributed by atoms with Gasteiger partial charge in [-0.25, -0.2) is 12.8 Å². The molecule has 2 aromatic carbocycles. The summed E-state index contributed by atoms with van der Waals surface area (Å²) < 4.78 is 39.8. The third-order valence-electron chi connectivity index (χ3n) is 2.92. The number of carbonyl (C=O) groups excluding carboxylic acids is 1.